The van der Waals surface area contributed by atoms with Crippen LogP contribution in [0.3, 0.4) is 0 Å². The third kappa shape index (κ3) is 1.87. The van der Waals surface area contributed by atoms with Crippen LogP contribution in [-0.4, -0.2) is 18.6 Å². The minimum atomic E-state index is -1.47. The van der Waals surface area contributed by atoms with Gasteiger partial charge in [-0.3, -0.25) is 0 Å². The molecule has 0 aromatic carbocycles. The van der Waals surface area contributed by atoms with E-state index in [1.807, 2.05) is 0 Å². The van der Waals surface area contributed by atoms with Crippen molar-refractivity contribution in [1.29, 1.82) is 0 Å². The van der Waals surface area contributed by atoms with Gasteiger partial charge in [-0.05, 0) is 0 Å². The normalized spacial score (nSPS) is 28.4. The quantitative estimate of drug-likeness (QED) is 0.545. The average molecular weight is 221 g/mol. The molecule has 1 rings (SSSR count). The average Bonchev–Trinajstić information content (AvgIpc) is 1.69. The molecule has 1 heterocycles. The monoisotopic (exact) mass is 222 g/mol. The minimum absolute atomic E-state index is 1.19. The molecular weight excluding hydrogens is 214 g/mol. The second-order valence-corrected chi connectivity index (χ2v) is 10.7. The van der Waals surface area contributed by atoms with Crippen molar-refractivity contribution in [2.24, 2.45) is 0 Å². The van der Waals surface area contributed by atoms with E-state index in [1.165, 1.54) is 4.44 Å². The Bertz CT molecular complexity index is 107. The number of rotatable bonds is 0. The summed E-state index contributed by atoms with van der Waals surface area (Å²) in [5.74, 6) is 0. The van der Waals surface area contributed by atoms with Gasteiger partial charge in [-0.25, -0.2) is 0 Å². The van der Waals surface area contributed by atoms with Gasteiger partial charge in [0.1, 0.15) is 0 Å². The van der Waals surface area contributed by atoms with Crippen LogP contribution in [0.15, 0.2) is 22.3 Å². The van der Waals surface area contributed by atoms with Gasteiger partial charge in [0.2, 0.25) is 0 Å². The van der Waals surface area contributed by atoms with Gasteiger partial charge in [0, 0.05) is 0 Å². The second-order valence-electron chi connectivity index (χ2n) is 1.56. The molecule has 0 radical (unpaired) electrons. The summed E-state index contributed by atoms with van der Waals surface area (Å²) in [7, 11) is 5.89. The molecule has 7 heavy (non-hydrogen) atoms. The van der Waals surface area contributed by atoms with Gasteiger partial charge in [-0.1, -0.05) is 0 Å². The van der Waals surface area contributed by atoms with Crippen molar-refractivity contribution in [1.82, 2.24) is 0 Å². The first-order valence-electron chi connectivity index (χ1n) is 2.37. The van der Waals surface area contributed by atoms with E-state index in [0.717, 1.165) is 0 Å². The number of halogens is 1. The summed E-state index contributed by atoms with van der Waals surface area (Å²) in [4.78, 5) is 0. The number of hydrogen-bond acceptors (Lipinski definition) is 0. The summed E-state index contributed by atoms with van der Waals surface area (Å²) in [6.07, 6.45) is 6.29. The van der Waals surface area contributed by atoms with Gasteiger partial charge in [-0.2, -0.15) is 0 Å². The number of allylic oxidation sites excluding steroid dienone is 3. The van der Waals surface area contributed by atoms with E-state index in [9.17, 15) is 0 Å². The molecule has 0 nitrogen and oxygen atoms in total. The Morgan fingerprint density at radius 3 is 2.57 bits per heavy atom. The molecule has 38 valence electrons. The van der Waals surface area contributed by atoms with E-state index >= 15 is 0 Å². The standard InChI is InChI=1S/C5H6.ClH.Sn.H/c1-3-5-4-2;;;/h1,3-5H,2H2;1H;;/q;;+1;/p-1. The van der Waals surface area contributed by atoms with Crippen molar-refractivity contribution < 1.29 is 0 Å². The van der Waals surface area contributed by atoms with Crippen molar-refractivity contribution in [2.45, 2.75) is 4.44 Å². The Balaban J connectivity index is 2.49. The molecule has 0 aromatic rings. The maximum absolute atomic E-state index is 5.89. The van der Waals surface area contributed by atoms with Crippen LogP contribution in [0.2, 0.25) is 4.44 Å². The van der Waals surface area contributed by atoms with Gasteiger partial charge in [0.25, 0.3) is 0 Å². The molecule has 0 N–H and O–H groups in total. The van der Waals surface area contributed by atoms with Crippen LogP contribution < -0.4 is 0 Å². The third-order valence-electron chi connectivity index (χ3n) is 0.928. The van der Waals surface area contributed by atoms with Gasteiger partial charge < -0.3 is 0 Å². The van der Waals surface area contributed by atoms with Crippen LogP contribution in [0, 0.1) is 0 Å². The Morgan fingerprint density at radius 1 is 1.43 bits per heavy atom. The van der Waals surface area contributed by atoms with Crippen LogP contribution in [0.25, 0.3) is 0 Å². The zero-order valence-corrected chi connectivity index (χ0v) is 8.02. The molecule has 0 amide bonds. The third-order valence-corrected chi connectivity index (χ3v) is 6.99. The van der Waals surface area contributed by atoms with Gasteiger partial charge in [-0.15, -0.1) is 0 Å². The van der Waals surface area contributed by atoms with Gasteiger partial charge in [0.15, 0.2) is 0 Å². The molecule has 0 fully saturated rings. The summed E-state index contributed by atoms with van der Waals surface area (Å²) in [6, 6.07) is 0. The van der Waals surface area contributed by atoms with Gasteiger partial charge in [0.05, 0.1) is 0 Å². The van der Waals surface area contributed by atoms with Crippen LogP contribution in [0.4, 0.5) is 0 Å². The summed E-state index contributed by atoms with van der Waals surface area (Å²) >= 11 is -1.47. The predicted molar refractivity (Wildman–Crippen MR) is 36.1 cm³/mol. The van der Waals surface area contributed by atoms with Crippen LogP contribution in [-0.2, 0) is 0 Å². The molecule has 0 aliphatic carbocycles. The second kappa shape index (κ2) is 2.77. The van der Waals surface area contributed by atoms with Crippen LogP contribution in [0.5, 0.6) is 0 Å². The molecule has 0 spiro atoms. The van der Waals surface area contributed by atoms with Crippen LogP contribution >= 0.6 is 8.92 Å². The summed E-state index contributed by atoms with van der Waals surface area (Å²) in [5, 5.41) is 0. The fourth-order valence-corrected chi connectivity index (χ4v) is 4.50. The van der Waals surface area contributed by atoms with E-state index in [1.54, 1.807) is 0 Å². The van der Waals surface area contributed by atoms with E-state index < -0.39 is 18.6 Å². The predicted octanol–water partition coefficient (Wildman–Crippen LogP) is 1.61. The topological polar surface area (TPSA) is 0 Å². The fraction of sp³-hybridized carbons (Fsp3) is 0.200. The zero-order chi connectivity index (χ0) is 5.11. The molecule has 1 aliphatic heterocycles. The fourth-order valence-electron chi connectivity index (χ4n) is 0.550. The molecule has 0 saturated carbocycles. The zero-order valence-electron chi connectivity index (χ0n) is 3.97. The Hall–Kier alpha value is 0.569. The van der Waals surface area contributed by atoms with E-state index in [2.05, 4.69) is 22.3 Å². The Labute approximate surface area is 54.3 Å². The SMILES string of the molecule is [Cl][SnH]1[CH]=CC=C[CH2]1. The molecule has 2 heteroatoms. The van der Waals surface area contributed by atoms with Crippen molar-refractivity contribution >= 4 is 27.6 Å². The summed E-state index contributed by atoms with van der Waals surface area (Å²) < 4.78 is 3.39. The van der Waals surface area contributed by atoms with Crippen molar-refractivity contribution in [3.63, 3.8) is 0 Å². The maximum atomic E-state index is 5.89. The first kappa shape index (κ1) is 5.70. The van der Waals surface area contributed by atoms with Gasteiger partial charge >= 0.3 is 54.3 Å². The molecular formula is C5H7ClSn. The molecule has 1 aliphatic rings. The Morgan fingerprint density at radius 2 is 2.29 bits per heavy atom. The molecule has 0 saturated heterocycles. The molecule has 1 atom stereocenters. The van der Waals surface area contributed by atoms with Crippen LogP contribution in [0.1, 0.15) is 0 Å². The molecule has 0 aromatic heterocycles. The first-order chi connectivity index (χ1) is 3.39. The first-order valence-corrected chi connectivity index (χ1v) is 10.8. The van der Waals surface area contributed by atoms with Crippen molar-refractivity contribution in [2.75, 3.05) is 0 Å². The number of hydrogen-bond donors (Lipinski definition) is 0. The van der Waals surface area contributed by atoms with E-state index in [4.69, 9.17) is 8.92 Å². The molecule has 0 bridgehead atoms. The summed E-state index contributed by atoms with van der Waals surface area (Å²) in [6.45, 7) is 0. The summed E-state index contributed by atoms with van der Waals surface area (Å²) in [5.41, 5.74) is 0. The Kier molecular flexibility index (Phi) is 2.26. The van der Waals surface area contributed by atoms with Crippen molar-refractivity contribution in [3.8, 4) is 0 Å². The molecule has 1 unspecified atom stereocenters. The van der Waals surface area contributed by atoms with E-state index in [-0.39, 0.29) is 0 Å². The van der Waals surface area contributed by atoms with Crippen molar-refractivity contribution in [3.05, 3.63) is 22.3 Å². The van der Waals surface area contributed by atoms with E-state index in [0.29, 0.717) is 0 Å².